The molecule has 0 spiro atoms. The van der Waals surface area contributed by atoms with Gasteiger partial charge in [-0.3, -0.25) is 4.79 Å². The van der Waals surface area contributed by atoms with Crippen LogP contribution >= 0.6 is 23.1 Å². The van der Waals surface area contributed by atoms with E-state index in [4.69, 9.17) is 4.42 Å². The van der Waals surface area contributed by atoms with E-state index < -0.39 is 0 Å². The molecule has 1 atom stereocenters. The fourth-order valence-electron chi connectivity index (χ4n) is 2.41. The second kappa shape index (κ2) is 8.79. The molecule has 0 fully saturated rings. The van der Waals surface area contributed by atoms with Crippen molar-refractivity contribution in [1.29, 1.82) is 0 Å². The number of anilines is 2. The van der Waals surface area contributed by atoms with E-state index in [1.165, 1.54) is 28.7 Å². The Balaban J connectivity index is 1.51. The molecule has 0 aliphatic carbocycles. The van der Waals surface area contributed by atoms with Crippen molar-refractivity contribution in [2.45, 2.75) is 49.2 Å². The summed E-state index contributed by atoms with van der Waals surface area (Å²) < 4.78 is 6.02. The van der Waals surface area contributed by atoms with E-state index in [0.29, 0.717) is 11.7 Å². The van der Waals surface area contributed by atoms with Crippen LogP contribution in [0.25, 0.3) is 0 Å². The number of thioether (sulfide) groups is 1. The quantitative estimate of drug-likeness (QED) is 0.518. The molecule has 6 nitrogen and oxygen atoms in total. The highest BCUT2D eigenvalue weighted by Crippen LogP contribution is 2.30. The van der Waals surface area contributed by atoms with Crippen molar-refractivity contribution in [3.05, 3.63) is 54.0 Å². The molecule has 2 heterocycles. The van der Waals surface area contributed by atoms with Gasteiger partial charge in [-0.05, 0) is 42.2 Å². The summed E-state index contributed by atoms with van der Waals surface area (Å²) in [5, 5.41) is 14.8. The Morgan fingerprint density at radius 3 is 2.61 bits per heavy atom. The Morgan fingerprint density at radius 1 is 1.21 bits per heavy atom. The molecule has 2 N–H and O–H groups in total. The van der Waals surface area contributed by atoms with Gasteiger partial charge >= 0.3 is 0 Å². The highest BCUT2D eigenvalue weighted by atomic mass is 32.2. The molecule has 1 unspecified atom stereocenters. The number of hydrogen-bond donors (Lipinski definition) is 2. The first-order valence-corrected chi connectivity index (χ1v) is 10.7. The fraction of sp³-hybridized carbons (Fsp3) is 0.350. The molecule has 0 bridgehead atoms. The minimum Gasteiger partial charge on any atom is -0.467 e. The van der Waals surface area contributed by atoms with Crippen LogP contribution in [0.5, 0.6) is 0 Å². The summed E-state index contributed by atoms with van der Waals surface area (Å²) in [5.74, 6) is 0.767. The number of amides is 1. The van der Waals surface area contributed by atoms with Crippen LogP contribution < -0.4 is 10.6 Å². The van der Waals surface area contributed by atoms with Gasteiger partial charge in [0.1, 0.15) is 5.76 Å². The maximum atomic E-state index is 12.5. The third kappa shape index (κ3) is 5.59. The topological polar surface area (TPSA) is 80.1 Å². The van der Waals surface area contributed by atoms with Crippen LogP contribution in [-0.4, -0.2) is 21.4 Å². The predicted octanol–water partition coefficient (Wildman–Crippen LogP) is 5.16. The Labute approximate surface area is 173 Å². The lowest BCUT2D eigenvalue weighted by Gasteiger charge is -2.19. The van der Waals surface area contributed by atoms with Gasteiger partial charge in [-0.2, -0.15) is 0 Å². The molecule has 148 valence electrons. The average Bonchev–Trinajstić information content (AvgIpc) is 3.31. The number of hydrogen-bond acceptors (Lipinski definition) is 7. The van der Waals surface area contributed by atoms with Crippen molar-refractivity contribution in [3.63, 3.8) is 0 Å². The second-order valence-corrected chi connectivity index (χ2v) is 9.95. The highest BCUT2D eigenvalue weighted by molar-refractivity contribution is 8.02. The van der Waals surface area contributed by atoms with Gasteiger partial charge in [0.05, 0.1) is 18.1 Å². The van der Waals surface area contributed by atoms with Crippen molar-refractivity contribution >= 4 is 39.8 Å². The van der Waals surface area contributed by atoms with Crippen LogP contribution in [0.4, 0.5) is 10.8 Å². The maximum absolute atomic E-state index is 12.5. The molecule has 1 amide bonds. The summed E-state index contributed by atoms with van der Waals surface area (Å²) in [6.45, 7) is 8.91. The lowest BCUT2D eigenvalue weighted by Crippen LogP contribution is -2.22. The molecule has 0 aliphatic rings. The molecule has 0 aliphatic heterocycles. The van der Waals surface area contributed by atoms with Gasteiger partial charge in [-0.15, -0.1) is 10.2 Å². The molecule has 8 heteroatoms. The smallest absolute Gasteiger partial charge is 0.237 e. The summed E-state index contributed by atoms with van der Waals surface area (Å²) in [7, 11) is 0. The Kier molecular flexibility index (Phi) is 6.41. The van der Waals surface area contributed by atoms with E-state index in [0.717, 1.165) is 15.8 Å². The number of carbonyl (C=O) groups is 1. The third-order valence-corrected chi connectivity index (χ3v) is 6.13. The molecule has 1 aromatic carbocycles. The molecule has 3 rings (SSSR count). The van der Waals surface area contributed by atoms with Crippen LogP contribution in [0.3, 0.4) is 0 Å². The van der Waals surface area contributed by atoms with Crippen LogP contribution in [0.1, 0.15) is 39.0 Å². The molecule has 2 aromatic heterocycles. The Bertz CT molecular complexity index is 899. The van der Waals surface area contributed by atoms with Gasteiger partial charge in [0.2, 0.25) is 11.0 Å². The van der Waals surface area contributed by atoms with E-state index >= 15 is 0 Å². The number of nitrogens with zero attached hydrogens (tertiary/aromatic N) is 2. The molecule has 0 saturated carbocycles. The number of rotatable bonds is 7. The van der Waals surface area contributed by atoms with E-state index in [-0.39, 0.29) is 16.6 Å². The first kappa shape index (κ1) is 20.4. The van der Waals surface area contributed by atoms with Crippen molar-refractivity contribution in [2.24, 2.45) is 0 Å². The standard InChI is InChI=1S/C20H24N4O2S2/c1-13(17(25)22-15-9-7-14(8-10-15)20(2,3)4)27-19-24-23-18(28-19)21-12-16-6-5-11-26-16/h5-11,13H,12H2,1-4H3,(H,21,23)(H,22,25). The largest absolute Gasteiger partial charge is 0.467 e. The normalized spacial score (nSPS) is 12.6. The zero-order valence-electron chi connectivity index (χ0n) is 16.4. The van der Waals surface area contributed by atoms with E-state index in [1.54, 1.807) is 6.26 Å². The number of carbonyl (C=O) groups excluding carboxylic acids is 1. The summed E-state index contributed by atoms with van der Waals surface area (Å²) in [5.41, 5.74) is 2.12. The Morgan fingerprint density at radius 2 is 1.96 bits per heavy atom. The van der Waals surface area contributed by atoms with E-state index in [1.807, 2.05) is 31.2 Å². The van der Waals surface area contributed by atoms with E-state index in [9.17, 15) is 4.79 Å². The summed E-state index contributed by atoms with van der Waals surface area (Å²) in [4.78, 5) is 12.5. The molecule has 28 heavy (non-hydrogen) atoms. The second-order valence-electron chi connectivity index (χ2n) is 7.38. The first-order valence-electron chi connectivity index (χ1n) is 8.99. The van der Waals surface area contributed by atoms with Gasteiger partial charge < -0.3 is 15.1 Å². The molecular formula is C20H24N4O2S2. The number of furan rings is 1. The average molecular weight is 417 g/mol. The van der Waals surface area contributed by atoms with Crippen LogP contribution in [0, 0.1) is 0 Å². The van der Waals surface area contributed by atoms with Gasteiger partial charge in [0.15, 0.2) is 4.34 Å². The van der Waals surface area contributed by atoms with Gasteiger partial charge in [-0.25, -0.2) is 0 Å². The number of benzene rings is 1. The third-order valence-electron chi connectivity index (χ3n) is 4.07. The lowest BCUT2D eigenvalue weighted by atomic mass is 9.87. The Hall–Kier alpha value is -2.32. The first-order chi connectivity index (χ1) is 13.3. The molecule has 0 saturated heterocycles. The van der Waals surface area contributed by atoms with Gasteiger partial charge in [-0.1, -0.05) is 56.0 Å². The highest BCUT2D eigenvalue weighted by Gasteiger charge is 2.18. The lowest BCUT2D eigenvalue weighted by molar-refractivity contribution is -0.115. The van der Waals surface area contributed by atoms with Crippen molar-refractivity contribution in [3.8, 4) is 0 Å². The zero-order valence-corrected chi connectivity index (χ0v) is 18.0. The monoisotopic (exact) mass is 416 g/mol. The summed E-state index contributed by atoms with van der Waals surface area (Å²) in [6, 6.07) is 11.7. The fourth-order valence-corrected chi connectivity index (χ4v) is 4.30. The molecular weight excluding hydrogens is 392 g/mol. The van der Waals surface area contributed by atoms with Gasteiger partial charge in [0.25, 0.3) is 0 Å². The van der Waals surface area contributed by atoms with Gasteiger partial charge in [0, 0.05) is 5.69 Å². The van der Waals surface area contributed by atoms with Crippen molar-refractivity contribution in [2.75, 3.05) is 10.6 Å². The SMILES string of the molecule is CC(Sc1nnc(NCc2ccco2)s1)C(=O)Nc1ccc(C(C)(C)C)cc1. The molecule has 3 aromatic rings. The molecule has 0 radical (unpaired) electrons. The van der Waals surface area contributed by atoms with Crippen LogP contribution in [0.2, 0.25) is 0 Å². The van der Waals surface area contributed by atoms with Crippen LogP contribution in [0.15, 0.2) is 51.4 Å². The summed E-state index contributed by atoms with van der Waals surface area (Å²) in [6.07, 6.45) is 1.63. The van der Waals surface area contributed by atoms with E-state index in [2.05, 4.69) is 53.7 Å². The maximum Gasteiger partial charge on any atom is 0.237 e. The minimum atomic E-state index is -0.284. The van der Waals surface area contributed by atoms with Crippen molar-refractivity contribution in [1.82, 2.24) is 10.2 Å². The van der Waals surface area contributed by atoms with Crippen molar-refractivity contribution < 1.29 is 9.21 Å². The summed E-state index contributed by atoms with van der Waals surface area (Å²) >= 11 is 2.81. The number of aromatic nitrogens is 2. The zero-order chi connectivity index (χ0) is 20.1. The number of nitrogens with one attached hydrogen (secondary N) is 2. The minimum absolute atomic E-state index is 0.0613. The predicted molar refractivity (Wildman–Crippen MR) is 115 cm³/mol. The van der Waals surface area contributed by atoms with Crippen LogP contribution in [-0.2, 0) is 16.8 Å².